The zero-order valence-electron chi connectivity index (χ0n) is 7.76. The van der Waals surface area contributed by atoms with Crippen LogP contribution in [0.4, 0.5) is 4.39 Å². The summed E-state index contributed by atoms with van der Waals surface area (Å²) in [4.78, 5) is 10.8. The van der Waals surface area contributed by atoms with E-state index in [1.54, 1.807) is 6.07 Å². The van der Waals surface area contributed by atoms with E-state index >= 15 is 0 Å². The number of hydrogen-bond acceptors (Lipinski definition) is 2. The van der Waals surface area contributed by atoms with Gasteiger partial charge in [-0.15, -0.1) is 0 Å². The van der Waals surface area contributed by atoms with Crippen molar-refractivity contribution in [1.82, 2.24) is 5.32 Å². The highest BCUT2D eigenvalue weighted by Crippen LogP contribution is 2.27. The second-order valence-corrected chi connectivity index (χ2v) is 4.27. The Morgan fingerprint density at radius 3 is 3.00 bits per heavy atom. The summed E-state index contributed by atoms with van der Waals surface area (Å²) < 4.78 is 13.6. The quantitative estimate of drug-likeness (QED) is 0.819. The Labute approximate surface area is 94.4 Å². The van der Waals surface area contributed by atoms with E-state index in [9.17, 15) is 9.18 Å². The van der Waals surface area contributed by atoms with Gasteiger partial charge in [-0.05, 0) is 39.5 Å². The maximum absolute atomic E-state index is 13.2. The molecule has 0 aromatic heterocycles. The molecule has 0 spiro atoms. The van der Waals surface area contributed by atoms with Crippen molar-refractivity contribution < 1.29 is 14.3 Å². The van der Waals surface area contributed by atoms with E-state index in [4.69, 9.17) is 5.11 Å². The second-order valence-electron chi connectivity index (χ2n) is 3.47. The predicted molar refractivity (Wildman–Crippen MR) is 56.1 cm³/mol. The maximum atomic E-state index is 13.2. The number of rotatable bonds is 1. The number of carboxylic acid groups (broad SMARTS) is 1. The lowest BCUT2D eigenvalue weighted by Gasteiger charge is -2.24. The van der Waals surface area contributed by atoms with Gasteiger partial charge in [0, 0.05) is 6.54 Å². The summed E-state index contributed by atoms with van der Waals surface area (Å²) in [6.07, 6.45) is 0.309. The summed E-state index contributed by atoms with van der Waals surface area (Å²) in [6, 6.07) is 2.43. The van der Waals surface area contributed by atoms with Crippen LogP contribution < -0.4 is 5.32 Å². The third kappa shape index (κ3) is 1.89. The number of halogens is 2. The van der Waals surface area contributed by atoms with Crippen molar-refractivity contribution in [2.45, 2.75) is 19.0 Å². The lowest BCUT2D eigenvalue weighted by molar-refractivity contribution is -0.139. The van der Waals surface area contributed by atoms with Crippen LogP contribution in [0, 0.1) is 5.82 Å². The van der Waals surface area contributed by atoms with Crippen molar-refractivity contribution in [3.8, 4) is 0 Å². The summed E-state index contributed by atoms with van der Waals surface area (Å²) in [5.41, 5.74) is 1.70. The van der Waals surface area contributed by atoms with Crippen LogP contribution >= 0.6 is 15.9 Å². The lowest BCUT2D eigenvalue weighted by atomic mass is 9.96. The maximum Gasteiger partial charge on any atom is 0.321 e. The molecule has 0 saturated heterocycles. The zero-order valence-corrected chi connectivity index (χ0v) is 9.34. The molecule has 1 heterocycles. The summed E-state index contributed by atoms with van der Waals surface area (Å²) in [5, 5.41) is 11.7. The number of carbonyl (C=O) groups is 1. The Kier molecular flexibility index (Phi) is 2.75. The van der Waals surface area contributed by atoms with E-state index in [0.717, 1.165) is 11.1 Å². The summed E-state index contributed by atoms with van der Waals surface area (Å²) in [6.45, 7) is 0.463. The third-order valence-electron chi connectivity index (χ3n) is 2.54. The molecule has 1 aliphatic heterocycles. The number of carboxylic acids is 1. The van der Waals surface area contributed by atoms with Gasteiger partial charge in [0.05, 0.1) is 4.47 Å². The molecule has 3 nitrogen and oxygen atoms in total. The highest BCUT2D eigenvalue weighted by Gasteiger charge is 2.25. The van der Waals surface area contributed by atoms with Crippen LogP contribution in [0.25, 0.3) is 0 Å². The Balaban J connectivity index is 2.39. The van der Waals surface area contributed by atoms with E-state index in [1.165, 1.54) is 6.07 Å². The molecule has 0 radical (unpaired) electrons. The lowest BCUT2D eigenvalue weighted by Crippen LogP contribution is -2.41. The van der Waals surface area contributed by atoms with Gasteiger partial charge in [-0.1, -0.05) is 6.07 Å². The smallest absolute Gasteiger partial charge is 0.321 e. The zero-order chi connectivity index (χ0) is 11.0. The van der Waals surface area contributed by atoms with E-state index < -0.39 is 12.0 Å². The molecule has 0 aliphatic carbocycles. The molecule has 0 fully saturated rings. The second kappa shape index (κ2) is 3.90. The molecular weight excluding hydrogens is 265 g/mol. The predicted octanol–water partition coefficient (Wildman–Crippen LogP) is 1.69. The molecule has 1 aromatic rings. The topological polar surface area (TPSA) is 49.3 Å². The summed E-state index contributed by atoms with van der Waals surface area (Å²) in [7, 11) is 0. The van der Waals surface area contributed by atoms with Gasteiger partial charge in [0.1, 0.15) is 11.9 Å². The first-order valence-corrected chi connectivity index (χ1v) is 5.31. The molecule has 80 valence electrons. The summed E-state index contributed by atoms with van der Waals surface area (Å²) in [5.74, 6) is -1.25. The minimum atomic E-state index is -0.906. The number of benzene rings is 1. The summed E-state index contributed by atoms with van der Waals surface area (Å²) >= 11 is 3.15. The van der Waals surface area contributed by atoms with Gasteiger partial charge in [-0.3, -0.25) is 4.79 Å². The van der Waals surface area contributed by atoms with E-state index in [-0.39, 0.29) is 5.82 Å². The van der Waals surface area contributed by atoms with Crippen LogP contribution in [-0.2, 0) is 17.8 Å². The monoisotopic (exact) mass is 273 g/mol. The van der Waals surface area contributed by atoms with E-state index in [0.29, 0.717) is 17.4 Å². The number of fused-ring (bicyclic) bond motifs is 1. The molecule has 2 N–H and O–H groups in total. The molecule has 15 heavy (non-hydrogen) atoms. The molecular formula is C10H9BrFNO2. The van der Waals surface area contributed by atoms with Crippen LogP contribution in [0.5, 0.6) is 0 Å². The molecule has 5 heteroatoms. The first-order valence-electron chi connectivity index (χ1n) is 4.51. The minimum Gasteiger partial charge on any atom is -0.480 e. The van der Waals surface area contributed by atoms with Gasteiger partial charge in [0.25, 0.3) is 0 Å². The fraction of sp³-hybridized carbons (Fsp3) is 0.300. The van der Waals surface area contributed by atoms with Gasteiger partial charge in [-0.25, -0.2) is 4.39 Å². The van der Waals surface area contributed by atoms with Gasteiger partial charge in [0.2, 0.25) is 0 Å². The largest absolute Gasteiger partial charge is 0.480 e. The molecule has 0 bridgehead atoms. The van der Waals surface area contributed by atoms with Crippen LogP contribution in [0.15, 0.2) is 16.6 Å². The molecule has 1 atom stereocenters. The molecule has 0 saturated carbocycles. The van der Waals surface area contributed by atoms with Crippen LogP contribution in [0.1, 0.15) is 11.1 Å². The van der Waals surface area contributed by atoms with Crippen molar-refractivity contribution in [3.63, 3.8) is 0 Å². The Bertz CT molecular complexity index is 422. The van der Waals surface area contributed by atoms with Crippen LogP contribution in [0.2, 0.25) is 0 Å². The minimum absolute atomic E-state index is 0.309. The van der Waals surface area contributed by atoms with E-state index in [1.807, 2.05) is 0 Å². The van der Waals surface area contributed by atoms with Crippen molar-refractivity contribution in [1.29, 1.82) is 0 Å². The first-order chi connectivity index (χ1) is 7.09. The van der Waals surface area contributed by atoms with Crippen LogP contribution in [-0.4, -0.2) is 17.1 Å². The average Bonchev–Trinajstić information content (AvgIpc) is 2.23. The number of hydrogen-bond donors (Lipinski definition) is 2. The average molecular weight is 274 g/mol. The molecule has 2 rings (SSSR count). The Morgan fingerprint density at radius 1 is 1.60 bits per heavy atom. The fourth-order valence-electron chi connectivity index (χ4n) is 1.70. The molecule has 0 amide bonds. The van der Waals surface area contributed by atoms with Gasteiger partial charge < -0.3 is 10.4 Å². The van der Waals surface area contributed by atoms with Crippen molar-refractivity contribution in [2.24, 2.45) is 0 Å². The molecule has 1 aliphatic rings. The van der Waals surface area contributed by atoms with Crippen LogP contribution in [0.3, 0.4) is 0 Å². The Hall–Kier alpha value is -0.940. The van der Waals surface area contributed by atoms with E-state index in [2.05, 4.69) is 21.2 Å². The van der Waals surface area contributed by atoms with Crippen molar-refractivity contribution in [3.05, 3.63) is 33.5 Å². The normalized spacial score (nSPS) is 19.7. The van der Waals surface area contributed by atoms with Gasteiger partial charge in [-0.2, -0.15) is 0 Å². The SMILES string of the molecule is O=C(O)C1Cc2c(ccc(F)c2Br)CN1. The standard InChI is InChI=1S/C10H9BrFNO2/c11-9-6-3-8(10(14)15)13-4-5(6)1-2-7(9)12/h1-2,8,13H,3-4H2,(H,14,15). The number of aliphatic carboxylic acids is 1. The highest BCUT2D eigenvalue weighted by molar-refractivity contribution is 9.10. The van der Waals surface area contributed by atoms with Crippen molar-refractivity contribution >= 4 is 21.9 Å². The number of nitrogens with one attached hydrogen (secondary N) is 1. The van der Waals surface area contributed by atoms with Gasteiger partial charge >= 0.3 is 5.97 Å². The highest BCUT2D eigenvalue weighted by atomic mass is 79.9. The Morgan fingerprint density at radius 2 is 2.33 bits per heavy atom. The molecule has 1 unspecified atom stereocenters. The van der Waals surface area contributed by atoms with Crippen molar-refractivity contribution in [2.75, 3.05) is 0 Å². The fourth-order valence-corrected chi connectivity index (χ4v) is 2.25. The first kappa shape index (κ1) is 10.6. The third-order valence-corrected chi connectivity index (χ3v) is 3.40. The molecule has 1 aromatic carbocycles. The van der Waals surface area contributed by atoms with Gasteiger partial charge in [0.15, 0.2) is 0 Å².